The molecule has 1 fully saturated rings. The number of aromatic nitrogens is 2. The third kappa shape index (κ3) is 4.33. The van der Waals surface area contributed by atoms with Gasteiger partial charge in [0.2, 0.25) is 0 Å². The van der Waals surface area contributed by atoms with E-state index in [-0.39, 0.29) is 0 Å². The van der Waals surface area contributed by atoms with E-state index in [4.69, 9.17) is 0 Å². The fraction of sp³-hybridized carbons (Fsp3) is 0.692. The Morgan fingerprint density at radius 2 is 2.17 bits per heavy atom. The first kappa shape index (κ1) is 13.4. The zero-order chi connectivity index (χ0) is 12.8. The maximum atomic E-state index is 4.43. The molecule has 1 aliphatic heterocycles. The van der Waals surface area contributed by atoms with Crippen molar-refractivity contribution in [3.63, 3.8) is 0 Å². The number of aryl methyl sites for hydroxylation is 1. The van der Waals surface area contributed by atoms with Gasteiger partial charge >= 0.3 is 0 Å². The molecule has 1 saturated heterocycles. The summed E-state index contributed by atoms with van der Waals surface area (Å²) in [6.07, 6.45) is 1.84. The van der Waals surface area contributed by atoms with Gasteiger partial charge in [0.05, 0.1) is 5.69 Å². The van der Waals surface area contributed by atoms with Crippen molar-refractivity contribution in [2.75, 3.05) is 46.3 Å². The molecule has 0 aliphatic carbocycles. The molecule has 0 amide bonds. The van der Waals surface area contributed by atoms with Crippen LogP contribution in [0.4, 0.5) is 0 Å². The third-order valence-corrected chi connectivity index (χ3v) is 3.27. The minimum absolute atomic E-state index is 0.850. The highest BCUT2D eigenvalue weighted by Crippen LogP contribution is 2.00. The largest absolute Gasteiger partial charge is 0.314 e. The molecule has 1 N–H and O–H groups in total. The van der Waals surface area contributed by atoms with Crippen molar-refractivity contribution in [2.24, 2.45) is 0 Å². The normalized spacial score (nSPS) is 17.3. The smallest absolute Gasteiger partial charge is 0.125 e. The highest BCUT2D eigenvalue weighted by Gasteiger charge is 2.10. The summed E-state index contributed by atoms with van der Waals surface area (Å²) in [5.41, 5.74) is 1.10. The lowest BCUT2D eigenvalue weighted by Gasteiger charge is -2.29. The van der Waals surface area contributed by atoms with Gasteiger partial charge in [0, 0.05) is 52.0 Å². The summed E-state index contributed by atoms with van der Waals surface area (Å²) < 4.78 is 0. The van der Waals surface area contributed by atoms with E-state index in [0.717, 1.165) is 44.2 Å². The lowest BCUT2D eigenvalue weighted by atomic mass is 10.3. The molecule has 1 aromatic rings. The minimum Gasteiger partial charge on any atom is -0.314 e. The van der Waals surface area contributed by atoms with Crippen molar-refractivity contribution in [3.05, 3.63) is 23.8 Å². The van der Waals surface area contributed by atoms with Crippen molar-refractivity contribution >= 4 is 0 Å². The van der Waals surface area contributed by atoms with Gasteiger partial charge in [-0.2, -0.15) is 0 Å². The Kier molecular flexibility index (Phi) is 5.04. The van der Waals surface area contributed by atoms with Gasteiger partial charge in [0.25, 0.3) is 0 Å². The summed E-state index contributed by atoms with van der Waals surface area (Å²) in [7, 11) is 2.15. The predicted molar refractivity (Wildman–Crippen MR) is 72.4 cm³/mol. The molecule has 5 heteroatoms. The summed E-state index contributed by atoms with van der Waals surface area (Å²) in [5.74, 6) is 0.850. The van der Waals surface area contributed by atoms with Crippen molar-refractivity contribution in [1.82, 2.24) is 25.1 Å². The fourth-order valence-corrected chi connectivity index (χ4v) is 2.20. The van der Waals surface area contributed by atoms with Crippen LogP contribution in [-0.4, -0.2) is 66.1 Å². The summed E-state index contributed by atoms with van der Waals surface area (Å²) in [4.78, 5) is 13.4. The van der Waals surface area contributed by atoms with E-state index in [0.29, 0.717) is 0 Å². The molecule has 0 bridgehead atoms. The number of likely N-dealkylation sites (N-methyl/N-ethyl adjacent to an activating group) is 1. The third-order valence-electron chi connectivity index (χ3n) is 3.27. The van der Waals surface area contributed by atoms with Gasteiger partial charge in [-0.05, 0) is 20.0 Å². The van der Waals surface area contributed by atoms with Gasteiger partial charge in [-0.3, -0.25) is 9.80 Å². The van der Waals surface area contributed by atoms with E-state index in [1.54, 1.807) is 0 Å². The SMILES string of the molecule is Cc1nccc(CN(C)CCN2CCNCC2)n1. The summed E-state index contributed by atoms with van der Waals surface area (Å²) in [5, 5.41) is 3.38. The number of rotatable bonds is 5. The van der Waals surface area contributed by atoms with Crippen LogP contribution in [-0.2, 0) is 6.54 Å². The predicted octanol–water partition coefficient (Wildman–Crippen LogP) is 0.122. The van der Waals surface area contributed by atoms with Crippen LogP contribution in [0.15, 0.2) is 12.3 Å². The molecule has 18 heavy (non-hydrogen) atoms. The first-order valence-corrected chi connectivity index (χ1v) is 6.64. The Morgan fingerprint density at radius 1 is 1.39 bits per heavy atom. The number of nitrogens with one attached hydrogen (secondary N) is 1. The Bertz CT molecular complexity index is 362. The molecule has 0 radical (unpaired) electrons. The highest BCUT2D eigenvalue weighted by molar-refractivity contribution is 5.01. The molecular weight excluding hydrogens is 226 g/mol. The van der Waals surface area contributed by atoms with Gasteiger partial charge < -0.3 is 5.32 Å². The van der Waals surface area contributed by atoms with E-state index in [1.165, 1.54) is 13.1 Å². The van der Waals surface area contributed by atoms with Crippen molar-refractivity contribution in [3.8, 4) is 0 Å². The van der Waals surface area contributed by atoms with Crippen LogP contribution in [0.2, 0.25) is 0 Å². The van der Waals surface area contributed by atoms with Crippen LogP contribution in [0.3, 0.4) is 0 Å². The quantitative estimate of drug-likeness (QED) is 0.803. The maximum absolute atomic E-state index is 4.43. The average Bonchev–Trinajstić information content (AvgIpc) is 2.38. The number of hydrogen-bond donors (Lipinski definition) is 1. The molecule has 5 nitrogen and oxygen atoms in total. The number of hydrogen-bond acceptors (Lipinski definition) is 5. The number of piperazine rings is 1. The maximum Gasteiger partial charge on any atom is 0.125 e. The van der Waals surface area contributed by atoms with Gasteiger partial charge in [-0.1, -0.05) is 0 Å². The van der Waals surface area contributed by atoms with Crippen molar-refractivity contribution in [1.29, 1.82) is 0 Å². The average molecular weight is 249 g/mol. The van der Waals surface area contributed by atoms with Crippen LogP contribution in [0.1, 0.15) is 11.5 Å². The molecule has 0 spiro atoms. The molecule has 0 unspecified atom stereocenters. The molecule has 2 rings (SSSR count). The Labute approximate surface area is 109 Å². The van der Waals surface area contributed by atoms with Gasteiger partial charge in [0.15, 0.2) is 0 Å². The minimum atomic E-state index is 0.850. The number of nitrogens with zero attached hydrogens (tertiary/aromatic N) is 4. The first-order chi connectivity index (χ1) is 8.74. The summed E-state index contributed by atoms with van der Waals surface area (Å²) in [6.45, 7) is 9.63. The fourth-order valence-electron chi connectivity index (χ4n) is 2.20. The monoisotopic (exact) mass is 249 g/mol. The second-order valence-corrected chi connectivity index (χ2v) is 4.92. The molecule has 2 heterocycles. The second-order valence-electron chi connectivity index (χ2n) is 4.92. The zero-order valence-corrected chi connectivity index (χ0v) is 11.4. The van der Waals surface area contributed by atoms with Gasteiger partial charge in [-0.15, -0.1) is 0 Å². The summed E-state index contributed by atoms with van der Waals surface area (Å²) >= 11 is 0. The lowest BCUT2D eigenvalue weighted by Crippen LogP contribution is -2.45. The zero-order valence-electron chi connectivity index (χ0n) is 11.4. The molecule has 0 aromatic carbocycles. The van der Waals surface area contributed by atoms with Crippen LogP contribution in [0.25, 0.3) is 0 Å². The molecule has 100 valence electrons. The first-order valence-electron chi connectivity index (χ1n) is 6.64. The molecular formula is C13H23N5. The van der Waals surface area contributed by atoms with E-state index in [9.17, 15) is 0 Å². The van der Waals surface area contributed by atoms with Crippen LogP contribution < -0.4 is 5.32 Å². The van der Waals surface area contributed by atoms with Crippen LogP contribution >= 0.6 is 0 Å². The molecule has 1 aliphatic rings. The second kappa shape index (κ2) is 6.78. The lowest BCUT2D eigenvalue weighted by molar-refractivity contribution is 0.201. The van der Waals surface area contributed by atoms with Crippen molar-refractivity contribution in [2.45, 2.75) is 13.5 Å². The topological polar surface area (TPSA) is 44.3 Å². The van der Waals surface area contributed by atoms with Crippen LogP contribution in [0, 0.1) is 6.92 Å². The van der Waals surface area contributed by atoms with Gasteiger partial charge in [-0.25, -0.2) is 9.97 Å². The van der Waals surface area contributed by atoms with E-state index in [2.05, 4.69) is 32.1 Å². The molecule has 1 aromatic heterocycles. The summed E-state index contributed by atoms with van der Waals surface area (Å²) in [6, 6.07) is 1.99. The standard InChI is InChI=1S/C13H23N5/c1-12-15-4-3-13(16-12)11-17(2)9-10-18-7-5-14-6-8-18/h3-4,14H,5-11H2,1-2H3. The Balaban J connectivity index is 1.72. The molecule has 0 saturated carbocycles. The van der Waals surface area contributed by atoms with E-state index in [1.807, 2.05) is 19.2 Å². The Hall–Kier alpha value is -1.04. The van der Waals surface area contributed by atoms with Crippen LogP contribution in [0.5, 0.6) is 0 Å². The van der Waals surface area contributed by atoms with E-state index < -0.39 is 0 Å². The molecule has 0 atom stereocenters. The Morgan fingerprint density at radius 3 is 2.89 bits per heavy atom. The van der Waals surface area contributed by atoms with Crippen molar-refractivity contribution < 1.29 is 0 Å². The van der Waals surface area contributed by atoms with E-state index >= 15 is 0 Å². The highest BCUT2D eigenvalue weighted by atomic mass is 15.2. The van der Waals surface area contributed by atoms with Gasteiger partial charge in [0.1, 0.15) is 5.82 Å².